The number of aryl methyl sites for hydroxylation is 1. The van der Waals surface area contributed by atoms with E-state index in [1.807, 2.05) is 57.4 Å². The molecular weight excluding hydrogens is 380 g/mol. The lowest BCUT2D eigenvalue weighted by Crippen LogP contribution is -2.32. The average molecular weight is 406 g/mol. The molecule has 0 spiro atoms. The van der Waals surface area contributed by atoms with Crippen molar-refractivity contribution in [2.24, 2.45) is 0 Å². The Morgan fingerprint density at radius 2 is 1.93 bits per heavy atom. The number of rotatable bonds is 6. The molecule has 0 aliphatic carbocycles. The molecule has 0 unspecified atom stereocenters. The molecule has 156 valence electrons. The highest BCUT2D eigenvalue weighted by Crippen LogP contribution is 2.39. The van der Waals surface area contributed by atoms with Gasteiger partial charge < -0.3 is 19.0 Å². The maximum absolute atomic E-state index is 13.5. The number of carbonyl (C=O) groups is 1. The molecule has 0 saturated heterocycles. The SMILES string of the molecule is COc1cccc([C@@H]2c3c(oc4ccc(C)cc4c3=O)C(=O)N2CCCN(C)C)c1. The Kier molecular flexibility index (Phi) is 5.35. The van der Waals surface area contributed by atoms with Crippen molar-refractivity contribution in [3.05, 3.63) is 75.1 Å². The van der Waals surface area contributed by atoms with Crippen molar-refractivity contribution in [1.82, 2.24) is 9.80 Å². The minimum Gasteiger partial charge on any atom is -0.497 e. The Morgan fingerprint density at radius 1 is 1.13 bits per heavy atom. The Labute approximate surface area is 175 Å². The first-order valence-electron chi connectivity index (χ1n) is 10.1. The molecule has 2 aromatic carbocycles. The summed E-state index contributed by atoms with van der Waals surface area (Å²) in [6.45, 7) is 3.30. The van der Waals surface area contributed by atoms with Crippen LogP contribution in [0, 0.1) is 6.92 Å². The Bertz CT molecular complexity index is 1170. The third-order valence-corrected chi connectivity index (χ3v) is 5.54. The van der Waals surface area contributed by atoms with Crippen molar-refractivity contribution >= 4 is 16.9 Å². The first-order valence-corrected chi connectivity index (χ1v) is 10.1. The second-order valence-electron chi connectivity index (χ2n) is 8.01. The van der Waals surface area contributed by atoms with Gasteiger partial charge in [0.1, 0.15) is 11.3 Å². The molecular formula is C24H26N2O4. The molecule has 6 heteroatoms. The van der Waals surface area contributed by atoms with Crippen molar-refractivity contribution in [1.29, 1.82) is 0 Å². The zero-order chi connectivity index (χ0) is 21.4. The summed E-state index contributed by atoms with van der Waals surface area (Å²) in [5, 5.41) is 0.504. The van der Waals surface area contributed by atoms with E-state index in [9.17, 15) is 9.59 Å². The highest BCUT2D eigenvalue weighted by Gasteiger charge is 2.42. The van der Waals surface area contributed by atoms with Crippen LogP contribution in [0.3, 0.4) is 0 Å². The summed E-state index contributed by atoms with van der Waals surface area (Å²) in [5.41, 5.74) is 2.52. The van der Waals surface area contributed by atoms with Crippen LogP contribution in [0.5, 0.6) is 5.75 Å². The second-order valence-corrected chi connectivity index (χ2v) is 8.01. The standard InChI is InChI=1S/C24H26N2O4/c1-15-9-10-19-18(13-15)22(27)20-21(16-7-5-8-17(14-16)29-4)26(12-6-11-25(2)3)24(28)23(20)30-19/h5,7-10,13-14,21H,6,11-12H2,1-4H3/t21-/m1/s1. The lowest BCUT2D eigenvalue weighted by Gasteiger charge is -2.26. The van der Waals surface area contributed by atoms with Crippen molar-refractivity contribution in [2.45, 2.75) is 19.4 Å². The van der Waals surface area contributed by atoms with Gasteiger partial charge >= 0.3 is 0 Å². The van der Waals surface area contributed by atoms with Gasteiger partial charge in [0.15, 0.2) is 5.43 Å². The second kappa shape index (κ2) is 7.95. The molecule has 0 bridgehead atoms. The first kappa shape index (κ1) is 20.2. The number of fused-ring (bicyclic) bond motifs is 2. The fraction of sp³-hybridized carbons (Fsp3) is 0.333. The first-order chi connectivity index (χ1) is 14.4. The number of benzene rings is 2. The van der Waals surface area contributed by atoms with Gasteiger partial charge in [-0.25, -0.2) is 0 Å². The molecule has 0 N–H and O–H groups in total. The molecule has 2 heterocycles. The van der Waals surface area contributed by atoms with Crippen molar-refractivity contribution in [3.63, 3.8) is 0 Å². The van der Waals surface area contributed by atoms with Crippen LogP contribution in [0.4, 0.5) is 0 Å². The van der Waals surface area contributed by atoms with E-state index in [1.165, 1.54) is 0 Å². The molecule has 1 aromatic heterocycles. The van der Waals surface area contributed by atoms with Gasteiger partial charge in [0, 0.05) is 6.54 Å². The smallest absolute Gasteiger partial charge is 0.290 e. The molecule has 0 radical (unpaired) electrons. The van der Waals surface area contributed by atoms with Gasteiger partial charge in [0.05, 0.1) is 24.1 Å². The lowest BCUT2D eigenvalue weighted by molar-refractivity contribution is 0.0722. The topological polar surface area (TPSA) is 63.0 Å². The summed E-state index contributed by atoms with van der Waals surface area (Å²) in [7, 11) is 5.60. The van der Waals surface area contributed by atoms with Crippen molar-refractivity contribution in [2.75, 3.05) is 34.3 Å². The number of nitrogens with zero attached hydrogens (tertiary/aromatic N) is 2. The van der Waals surface area contributed by atoms with Crippen molar-refractivity contribution < 1.29 is 13.9 Å². The number of amides is 1. The van der Waals surface area contributed by atoms with Crippen LogP contribution in [0.1, 0.15) is 39.7 Å². The largest absolute Gasteiger partial charge is 0.497 e. The van der Waals surface area contributed by atoms with E-state index in [0.29, 0.717) is 28.8 Å². The van der Waals surface area contributed by atoms with Crippen LogP contribution in [0.15, 0.2) is 51.7 Å². The monoisotopic (exact) mass is 406 g/mol. The molecule has 6 nitrogen and oxygen atoms in total. The van der Waals surface area contributed by atoms with E-state index in [1.54, 1.807) is 18.1 Å². The van der Waals surface area contributed by atoms with Crippen LogP contribution in [-0.4, -0.2) is 50.0 Å². The third-order valence-electron chi connectivity index (χ3n) is 5.54. The fourth-order valence-corrected chi connectivity index (χ4v) is 4.08. The highest BCUT2D eigenvalue weighted by molar-refractivity contribution is 5.99. The number of hydrogen-bond acceptors (Lipinski definition) is 5. The van der Waals surface area contributed by atoms with Crippen LogP contribution < -0.4 is 10.2 Å². The maximum atomic E-state index is 13.5. The van der Waals surface area contributed by atoms with E-state index in [4.69, 9.17) is 9.15 Å². The van der Waals surface area contributed by atoms with Crippen LogP contribution >= 0.6 is 0 Å². The van der Waals surface area contributed by atoms with Gasteiger partial charge in [-0.15, -0.1) is 0 Å². The van der Waals surface area contributed by atoms with E-state index in [-0.39, 0.29) is 17.1 Å². The summed E-state index contributed by atoms with van der Waals surface area (Å²) >= 11 is 0. The van der Waals surface area contributed by atoms with Gasteiger partial charge in [-0.05, 0) is 63.8 Å². The van der Waals surface area contributed by atoms with Gasteiger partial charge in [0.25, 0.3) is 5.91 Å². The predicted octanol–water partition coefficient (Wildman–Crippen LogP) is 3.61. The van der Waals surface area contributed by atoms with Gasteiger partial charge in [0.2, 0.25) is 5.76 Å². The molecule has 0 fully saturated rings. The van der Waals surface area contributed by atoms with Crippen LogP contribution in [0.25, 0.3) is 11.0 Å². The number of hydrogen-bond donors (Lipinski definition) is 0. The zero-order valence-corrected chi connectivity index (χ0v) is 17.8. The van der Waals surface area contributed by atoms with E-state index in [0.717, 1.165) is 24.1 Å². The fourth-order valence-electron chi connectivity index (χ4n) is 4.08. The summed E-state index contributed by atoms with van der Waals surface area (Å²) in [6.07, 6.45) is 0.792. The predicted molar refractivity (Wildman–Crippen MR) is 116 cm³/mol. The van der Waals surface area contributed by atoms with E-state index >= 15 is 0 Å². The van der Waals surface area contributed by atoms with Crippen LogP contribution in [-0.2, 0) is 0 Å². The number of carbonyl (C=O) groups excluding carboxylic acids is 1. The molecule has 1 aliphatic rings. The van der Waals surface area contributed by atoms with E-state index < -0.39 is 6.04 Å². The summed E-state index contributed by atoms with van der Waals surface area (Å²) < 4.78 is 11.4. The molecule has 4 rings (SSSR count). The Morgan fingerprint density at radius 3 is 2.67 bits per heavy atom. The van der Waals surface area contributed by atoms with Gasteiger partial charge in [-0.1, -0.05) is 23.8 Å². The average Bonchev–Trinajstić information content (AvgIpc) is 3.01. The number of ether oxygens (including phenoxy) is 1. The number of methoxy groups -OCH3 is 1. The zero-order valence-electron chi connectivity index (χ0n) is 17.8. The Balaban J connectivity index is 1.89. The minimum atomic E-state index is -0.495. The summed E-state index contributed by atoms with van der Waals surface area (Å²) in [5.74, 6) is 0.591. The Hall–Kier alpha value is -3.12. The molecule has 1 aliphatic heterocycles. The normalized spacial score (nSPS) is 15.8. The molecule has 30 heavy (non-hydrogen) atoms. The third kappa shape index (κ3) is 3.48. The minimum absolute atomic E-state index is 0.147. The van der Waals surface area contributed by atoms with E-state index in [2.05, 4.69) is 4.90 Å². The summed E-state index contributed by atoms with van der Waals surface area (Å²) in [4.78, 5) is 30.7. The quantitative estimate of drug-likeness (QED) is 0.626. The van der Waals surface area contributed by atoms with Crippen LogP contribution in [0.2, 0.25) is 0 Å². The highest BCUT2D eigenvalue weighted by atomic mass is 16.5. The van der Waals surface area contributed by atoms with Crippen molar-refractivity contribution in [3.8, 4) is 5.75 Å². The molecule has 1 amide bonds. The van der Waals surface area contributed by atoms with Gasteiger partial charge in [-0.3, -0.25) is 9.59 Å². The molecule has 3 aromatic rings. The summed E-state index contributed by atoms with van der Waals surface area (Å²) in [6, 6.07) is 12.5. The molecule has 0 saturated carbocycles. The molecule has 1 atom stereocenters. The lowest BCUT2D eigenvalue weighted by atomic mass is 9.98. The maximum Gasteiger partial charge on any atom is 0.290 e. The van der Waals surface area contributed by atoms with Gasteiger partial charge in [-0.2, -0.15) is 0 Å².